The van der Waals surface area contributed by atoms with E-state index < -0.39 is 0 Å². The summed E-state index contributed by atoms with van der Waals surface area (Å²) in [4.78, 5) is 34.9. The van der Waals surface area contributed by atoms with Gasteiger partial charge >= 0.3 is 0 Å². The summed E-state index contributed by atoms with van der Waals surface area (Å²) in [6, 6.07) is 11.9. The number of aromatic nitrogens is 7. The van der Waals surface area contributed by atoms with Gasteiger partial charge in [0, 0.05) is 52.9 Å². The van der Waals surface area contributed by atoms with E-state index in [0.29, 0.717) is 17.9 Å². The third kappa shape index (κ3) is 4.41. The second kappa shape index (κ2) is 9.25. The van der Waals surface area contributed by atoms with E-state index in [2.05, 4.69) is 46.5 Å². The number of hydrogen-bond donors (Lipinski definition) is 3. The lowest BCUT2D eigenvalue weighted by Gasteiger charge is -2.10. The van der Waals surface area contributed by atoms with E-state index >= 15 is 0 Å². The van der Waals surface area contributed by atoms with E-state index in [4.69, 9.17) is 0 Å². The molecule has 10 heteroatoms. The zero-order valence-corrected chi connectivity index (χ0v) is 20.2. The largest absolute Gasteiger partial charge is 0.338 e. The minimum Gasteiger partial charge on any atom is -0.338 e. The number of hydrogen-bond acceptors (Lipinski definition) is 7. The molecule has 0 atom stereocenters. The number of nitrogens with one attached hydrogen (secondary N) is 3. The first-order chi connectivity index (χ1) is 18.0. The van der Waals surface area contributed by atoms with E-state index in [9.17, 15) is 4.79 Å². The van der Waals surface area contributed by atoms with Crippen LogP contribution in [-0.2, 0) is 4.79 Å². The highest BCUT2D eigenvalue weighted by Gasteiger charge is 2.16. The fraction of sp³-hybridized carbons (Fsp3) is 0.111. The summed E-state index contributed by atoms with van der Waals surface area (Å²) in [5.74, 6) is -0.104. The predicted octanol–water partition coefficient (Wildman–Crippen LogP) is 4.13. The maximum Gasteiger partial charge on any atom is 0.238 e. The smallest absolute Gasteiger partial charge is 0.238 e. The molecule has 0 bridgehead atoms. The van der Waals surface area contributed by atoms with Crippen LogP contribution in [0.2, 0.25) is 0 Å². The molecule has 0 aliphatic carbocycles. The van der Waals surface area contributed by atoms with Gasteiger partial charge in [0.15, 0.2) is 5.65 Å². The molecule has 10 nitrogen and oxygen atoms in total. The van der Waals surface area contributed by atoms with E-state index in [1.54, 1.807) is 37.2 Å². The topological polar surface area (TPSA) is 128 Å². The van der Waals surface area contributed by atoms with Crippen LogP contribution in [0.3, 0.4) is 0 Å². The second-order valence-corrected chi connectivity index (χ2v) is 8.98. The van der Waals surface area contributed by atoms with Crippen LogP contribution in [0.15, 0.2) is 73.6 Å². The Balaban J connectivity index is 1.38. The summed E-state index contributed by atoms with van der Waals surface area (Å²) < 4.78 is 0. The summed E-state index contributed by atoms with van der Waals surface area (Å²) in [7, 11) is 3.70. The van der Waals surface area contributed by atoms with Gasteiger partial charge in [0.25, 0.3) is 0 Å². The third-order valence-corrected chi connectivity index (χ3v) is 6.01. The normalized spacial score (nSPS) is 11.4. The number of rotatable bonds is 6. The number of H-pyrrole nitrogens is 2. The Morgan fingerprint density at radius 1 is 0.865 bits per heavy atom. The average Bonchev–Trinajstić information content (AvgIpc) is 3.52. The summed E-state index contributed by atoms with van der Waals surface area (Å²) in [5.41, 5.74) is 7.46. The van der Waals surface area contributed by atoms with Crippen molar-refractivity contribution in [1.29, 1.82) is 0 Å². The lowest BCUT2D eigenvalue weighted by molar-refractivity contribution is -0.116. The molecule has 0 fully saturated rings. The van der Waals surface area contributed by atoms with Crippen molar-refractivity contribution in [1.82, 2.24) is 40.0 Å². The van der Waals surface area contributed by atoms with Gasteiger partial charge in [-0.2, -0.15) is 5.10 Å². The van der Waals surface area contributed by atoms with Crippen LogP contribution < -0.4 is 5.32 Å². The van der Waals surface area contributed by atoms with Crippen molar-refractivity contribution >= 4 is 33.7 Å². The number of nitrogens with zero attached hydrogens (tertiary/aromatic N) is 6. The zero-order chi connectivity index (χ0) is 25.4. The third-order valence-electron chi connectivity index (χ3n) is 6.01. The van der Waals surface area contributed by atoms with Crippen LogP contribution >= 0.6 is 0 Å². The maximum atomic E-state index is 12.2. The quantitative estimate of drug-likeness (QED) is 0.321. The van der Waals surface area contributed by atoms with E-state index in [-0.39, 0.29) is 5.91 Å². The summed E-state index contributed by atoms with van der Waals surface area (Å²) in [6.07, 6.45) is 10.5. The van der Waals surface area contributed by atoms with Crippen molar-refractivity contribution in [2.45, 2.75) is 0 Å². The molecule has 0 saturated carbocycles. The fourth-order valence-electron chi connectivity index (χ4n) is 4.36. The van der Waals surface area contributed by atoms with Crippen molar-refractivity contribution in [2.75, 3.05) is 26.0 Å². The number of pyridine rings is 4. The van der Waals surface area contributed by atoms with Gasteiger partial charge in [0.1, 0.15) is 11.3 Å². The maximum absolute atomic E-state index is 12.2. The molecule has 0 aromatic carbocycles. The molecule has 0 saturated heterocycles. The molecule has 182 valence electrons. The molecule has 6 rings (SSSR count). The molecule has 37 heavy (non-hydrogen) atoms. The Morgan fingerprint density at radius 3 is 2.54 bits per heavy atom. The highest BCUT2D eigenvalue weighted by molar-refractivity contribution is 6.00. The highest BCUT2D eigenvalue weighted by atomic mass is 16.2. The number of likely N-dealkylation sites (N-methyl/N-ethyl adjacent to an activating group) is 1. The molecular weight excluding hydrogens is 466 g/mol. The molecule has 6 aromatic rings. The van der Waals surface area contributed by atoms with E-state index in [0.717, 1.165) is 50.1 Å². The number of aromatic amines is 2. The number of anilines is 1. The summed E-state index contributed by atoms with van der Waals surface area (Å²) in [5, 5.41) is 12.3. The highest BCUT2D eigenvalue weighted by Crippen LogP contribution is 2.34. The number of fused-ring (bicyclic) bond motifs is 2. The van der Waals surface area contributed by atoms with Gasteiger partial charge in [0.2, 0.25) is 5.91 Å². The average molecular weight is 490 g/mol. The van der Waals surface area contributed by atoms with Crippen LogP contribution in [0, 0.1) is 0 Å². The van der Waals surface area contributed by atoms with Crippen LogP contribution in [0.5, 0.6) is 0 Å². The van der Waals surface area contributed by atoms with Crippen LogP contribution in [0.25, 0.3) is 55.7 Å². The lowest BCUT2D eigenvalue weighted by Crippen LogP contribution is -2.27. The molecule has 0 aliphatic rings. The Hall–Kier alpha value is -4.96. The van der Waals surface area contributed by atoms with Crippen molar-refractivity contribution in [3.05, 3.63) is 73.6 Å². The zero-order valence-electron chi connectivity index (χ0n) is 20.2. The molecule has 0 aliphatic heterocycles. The SMILES string of the molecule is CN(C)CC(=O)Nc1cncc(-c2cnc3[nH]nc(-c4cc5c(-c6ccncc6)ccnc5[nH]4)c3c2)c1. The van der Waals surface area contributed by atoms with Crippen LogP contribution in [0.4, 0.5) is 5.69 Å². The van der Waals surface area contributed by atoms with Crippen molar-refractivity contribution in [2.24, 2.45) is 0 Å². The van der Waals surface area contributed by atoms with Crippen LogP contribution in [0.1, 0.15) is 0 Å². The molecule has 6 aromatic heterocycles. The van der Waals surface area contributed by atoms with E-state index in [1.807, 2.05) is 49.3 Å². The summed E-state index contributed by atoms with van der Waals surface area (Å²) >= 11 is 0. The molecule has 0 spiro atoms. The number of carbonyl (C=O) groups is 1. The molecule has 0 unspecified atom stereocenters. The minimum absolute atomic E-state index is 0.104. The van der Waals surface area contributed by atoms with Gasteiger partial charge in [0.05, 0.1) is 24.1 Å². The van der Waals surface area contributed by atoms with Gasteiger partial charge in [-0.25, -0.2) is 9.97 Å². The molecule has 1 amide bonds. The minimum atomic E-state index is -0.104. The molecule has 0 radical (unpaired) electrons. The monoisotopic (exact) mass is 489 g/mol. The Bertz CT molecular complexity index is 1740. The predicted molar refractivity (Wildman–Crippen MR) is 143 cm³/mol. The Kier molecular flexibility index (Phi) is 5.62. The fourth-order valence-corrected chi connectivity index (χ4v) is 4.36. The standard InChI is InChI=1S/C27H23N9O/c1-36(2)15-24(37)32-19-9-17(12-29-14-19)18-10-22-25(34-35-27(22)31-13-18)23-11-21-20(5-8-30-26(21)33-23)16-3-6-28-7-4-16/h3-14H,15H2,1-2H3,(H,30,33)(H,32,37)(H,31,34,35). The number of amides is 1. The first kappa shape index (κ1) is 22.5. The lowest BCUT2D eigenvalue weighted by atomic mass is 10.0. The van der Waals surface area contributed by atoms with Gasteiger partial charge in [-0.15, -0.1) is 0 Å². The van der Waals surface area contributed by atoms with Gasteiger partial charge in [-0.1, -0.05) is 0 Å². The van der Waals surface area contributed by atoms with E-state index in [1.165, 1.54) is 0 Å². The summed E-state index contributed by atoms with van der Waals surface area (Å²) in [6.45, 7) is 0.290. The van der Waals surface area contributed by atoms with Crippen molar-refractivity contribution in [3.63, 3.8) is 0 Å². The molecule has 6 heterocycles. The van der Waals surface area contributed by atoms with Crippen molar-refractivity contribution < 1.29 is 4.79 Å². The second-order valence-electron chi connectivity index (χ2n) is 8.98. The van der Waals surface area contributed by atoms with Gasteiger partial charge in [-0.3, -0.25) is 19.9 Å². The number of carbonyl (C=O) groups excluding carboxylic acids is 1. The first-order valence-corrected chi connectivity index (χ1v) is 11.7. The Morgan fingerprint density at radius 2 is 1.70 bits per heavy atom. The van der Waals surface area contributed by atoms with Crippen molar-refractivity contribution in [3.8, 4) is 33.6 Å². The van der Waals surface area contributed by atoms with Gasteiger partial charge in [-0.05, 0) is 61.6 Å². The van der Waals surface area contributed by atoms with Gasteiger partial charge < -0.3 is 15.2 Å². The molecule has 3 N–H and O–H groups in total. The first-order valence-electron chi connectivity index (χ1n) is 11.7. The van der Waals surface area contributed by atoms with Crippen LogP contribution in [-0.4, -0.2) is 66.6 Å². The Labute approximate surface area is 211 Å². The molecular formula is C27H23N9O.